The first-order valence-electron chi connectivity index (χ1n) is 6.04. The highest BCUT2D eigenvalue weighted by Gasteiger charge is 2.36. The molecule has 1 aromatic rings. The second-order valence-electron chi connectivity index (χ2n) is 4.91. The van der Waals surface area contributed by atoms with Crippen LogP contribution in [0.25, 0.3) is 0 Å². The van der Waals surface area contributed by atoms with Crippen LogP contribution in [0.5, 0.6) is 0 Å². The molecule has 0 aliphatic carbocycles. The van der Waals surface area contributed by atoms with Gasteiger partial charge in [-0.25, -0.2) is 0 Å². The average molecular weight is 250 g/mol. The summed E-state index contributed by atoms with van der Waals surface area (Å²) in [6.07, 6.45) is 1.83. The highest BCUT2D eigenvalue weighted by molar-refractivity contribution is 5.94. The fraction of sp³-hybridized carbons (Fsp3) is 0.583. The maximum absolute atomic E-state index is 11.9. The number of amides is 2. The van der Waals surface area contributed by atoms with E-state index in [2.05, 4.69) is 10.4 Å². The van der Waals surface area contributed by atoms with Gasteiger partial charge in [0.05, 0.1) is 18.8 Å². The molecule has 2 amide bonds. The van der Waals surface area contributed by atoms with Crippen LogP contribution in [-0.4, -0.2) is 39.1 Å². The lowest BCUT2D eigenvalue weighted by molar-refractivity contribution is -0.148. The molecule has 1 fully saturated rings. The lowest BCUT2D eigenvalue weighted by Gasteiger charge is -2.36. The Kier molecular flexibility index (Phi) is 3.36. The molecular weight excluding hydrogens is 232 g/mol. The molecule has 2 rings (SSSR count). The van der Waals surface area contributed by atoms with Gasteiger partial charge in [-0.2, -0.15) is 5.10 Å². The predicted octanol–water partition coefficient (Wildman–Crippen LogP) is -0.0969. The Morgan fingerprint density at radius 3 is 2.78 bits per heavy atom. The number of carbonyl (C=O) groups excluding carboxylic acids is 2. The Morgan fingerprint density at radius 1 is 1.50 bits per heavy atom. The number of rotatable bonds is 3. The van der Waals surface area contributed by atoms with Crippen molar-refractivity contribution in [3.63, 3.8) is 0 Å². The molecule has 0 aromatic carbocycles. The Morgan fingerprint density at radius 2 is 2.22 bits per heavy atom. The van der Waals surface area contributed by atoms with Crippen molar-refractivity contribution in [1.82, 2.24) is 20.0 Å². The summed E-state index contributed by atoms with van der Waals surface area (Å²) in [5.41, 5.74) is 0.797. The van der Waals surface area contributed by atoms with Crippen molar-refractivity contribution in [2.45, 2.75) is 26.4 Å². The third-order valence-electron chi connectivity index (χ3n) is 3.07. The van der Waals surface area contributed by atoms with E-state index < -0.39 is 6.04 Å². The number of aryl methyl sites for hydroxylation is 1. The summed E-state index contributed by atoms with van der Waals surface area (Å²) >= 11 is 0. The van der Waals surface area contributed by atoms with Gasteiger partial charge in [0.25, 0.3) is 0 Å². The molecule has 2 heterocycles. The molecule has 1 aliphatic rings. The topological polar surface area (TPSA) is 67.2 Å². The van der Waals surface area contributed by atoms with Crippen LogP contribution < -0.4 is 5.32 Å². The highest BCUT2D eigenvalue weighted by Crippen LogP contribution is 2.17. The maximum Gasteiger partial charge on any atom is 0.243 e. The van der Waals surface area contributed by atoms with Gasteiger partial charge in [0.15, 0.2) is 0 Å². The zero-order valence-corrected chi connectivity index (χ0v) is 10.9. The minimum absolute atomic E-state index is 0.0565. The Balaban J connectivity index is 2.20. The molecule has 6 nitrogen and oxygen atoms in total. The van der Waals surface area contributed by atoms with Gasteiger partial charge in [0, 0.05) is 13.2 Å². The summed E-state index contributed by atoms with van der Waals surface area (Å²) < 4.78 is 1.69. The molecule has 0 bridgehead atoms. The smallest absolute Gasteiger partial charge is 0.243 e. The predicted molar refractivity (Wildman–Crippen MR) is 65.4 cm³/mol. The number of nitrogens with one attached hydrogen (secondary N) is 1. The summed E-state index contributed by atoms with van der Waals surface area (Å²) in [6.45, 7) is 4.34. The molecule has 1 saturated heterocycles. The standard InChI is InChI=1S/C12H18N4O2/c1-8(2)11-12(18)13-6-10(17)16(11)7-9-4-5-15(3)14-9/h4-5,8,11H,6-7H2,1-3H3,(H,13,18). The zero-order chi connectivity index (χ0) is 13.3. The van der Waals surface area contributed by atoms with E-state index in [1.54, 1.807) is 9.58 Å². The van der Waals surface area contributed by atoms with Crippen molar-refractivity contribution in [3.05, 3.63) is 18.0 Å². The average Bonchev–Trinajstić information content (AvgIpc) is 2.69. The minimum atomic E-state index is -0.409. The molecule has 1 unspecified atom stereocenters. The van der Waals surface area contributed by atoms with Crippen LogP contribution in [0.3, 0.4) is 0 Å². The largest absolute Gasteiger partial charge is 0.345 e. The first-order valence-corrected chi connectivity index (χ1v) is 6.04. The molecular formula is C12H18N4O2. The van der Waals surface area contributed by atoms with Crippen LogP contribution in [0, 0.1) is 5.92 Å². The van der Waals surface area contributed by atoms with Crippen LogP contribution in [-0.2, 0) is 23.2 Å². The summed E-state index contributed by atoms with van der Waals surface area (Å²) in [4.78, 5) is 25.4. The van der Waals surface area contributed by atoms with Crippen molar-refractivity contribution in [2.75, 3.05) is 6.54 Å². The van der Waals surface area contributed by atoms with Crippen LogP contribution in [0.15, 0.2) is 12.3 Å². The van der Waals surface area contributed by atoms with E-state index in [0.29, 0.717) is 6.54 Å². The first-order chi connectivity index (χ1) is 8.49. The Bertz CT molecular complexity index is 466. The third kappa shape index (κ3) is 2.37. The number of piperazine rings is 1. The van der Waals surface area contributed by atoms with Crippen LogP contribution >= 0.6 is 0 Å². The van der Waals surface area contributed by atoms with E-state index in [9.17, 15) is 9.59 Å². The summed E-state index contributed by atoms with van der Waals surface area (Å²) in [5, 5.41) is 6.88. The van der Waals surface area contributed by atoms with Gasteiger partial charge in [-0.15, -0.1) is 0 Å². The van der Waals surface area contributed by atoms with Crippen LogP contribution in [0.4, 0.5) is 0 Å². The fourth-order valence-electron chi connectivity index (χ4n) is 2.24. The van der Waals surface area contributed by atoms with E-state index in [4.69, 9.17) is 0 Å². The summed E-state index contributed by atoms with van der Waals surface area (Å²) in [5.74, 6) is -0.0579. The van der Waals surface area contributed by atoms with Gasteiger partial charge in [0.1, 0.15) is 6.04 Å². The normalized spacial score (nSPS) is 20.4. The van der Waals surface area contributed by atoms with E-state index >= 15 is 0 Å². The molecule has 98 valence electrons. The SMILES string of the molecule is CC(C)C1C(=O)NCC(=O)N1Cc1ccn(C)n1. The highest BCUT2D eigenvalue weighted by atomic mass is 16.2. The number of hydrogen-bond donors (Lipinski definition) is 1. The van der Waals surface area contributed by atoms with Crippen molar-refractivity contribution < 1.29 is 9.59 Å². The van der Waals surface area contributed by atoms with Crippen molar-refractivity contribution in [3.8, 4) is 0 Å². The minimum Gasteiger partial charge on any atom is -0.345 e. The van der Waals surface area contributed by atoms with Crippen molar-refractivity contribution >= 4 is 11.8 Å². The molecule has 6 heteroatoms. The lowest BCUT2D eigenvalue weighted by atomic mass is 9.99. The first kappa shape index (κ1) is 12.6. The Hall–Kier alpha value is -1.85. The summed E-state index contributed by atoms with van der Waals surface area (Å²) in [6, 6.07) is 1.45. The van der Waals surface area contributed by atoms with E-state index in [0.717, 1.165) is 5.69 Å². The van der Waals surface area contributed by atoms with Gasteiger partial charge in [0.2, 0.25) is 11.8 Å². The Labute approximate surface area is 106 Å². The molecule has 1 atom stereocenters. The molecule has 1 aromatic heterocycles. The molecule has 1 aliphatic heterocycles. The summed E-state index contributed by atoms with van der Waals surface area (Å²) in [7, 11) is 1.83. The monoisotopic (exact) mass is 250 g/mol. The quantitative estimate of drug-likeness (QED) is 0.815. The van der Waals surface area contributed by atoms with Gasteiger partial charge >= 0.3 is 0 Å². The lowest BCUT2D eigenvalue weighted by Crippen LogP contribution is -2.59. The third-order valence-corrected chi connectivity index (χ3v) is 3.07. The van der Waals surface area contributed by atoms with Crippen LogP contribution in [0.1, 0.15) is 19.5 Å². The van der Waals surface area contributed by atoms with Gasteiger partial charge < -0.3 is 10.2 Å². The zero-order valence-electron chi connectivity index (χ0n) is 10.9. The van der Waals surface area contributed by atoms with Gasteiger partial charge in [-0.3, -0.25) is 14.3 Å². The van der Waals surface area contributed by atoms with Gasteiger partial charge in [-0.05, 0) is 12.0 Å². The van der Waals surface area contributed by atoms with E-state index in [1.807, 2.05) is 33.2 Å². The van der Waals surface area contributed by atoms with Crippen LogP contribution in [0.2, 0.25) is 0 Å². The van der Waals surface area contributed by atoms with E-state index in [1.165, 1.54) is 0 Å². The number of hydrogen-bond acceptors (Lipinski definition) is 3. The fourth-order valence-corrected chi connectivity index (χ4v) is 2.24. The molecule has 0 spiro atoms. The number of aromatic nitrogens is 2. The molecule has 18 heavy (non-hydrogen) atoms. The van der Waals surface area contributed by atoms with E-state index in [-0.39, 0.29) is 24.3 Å². The second-order valence-corrected chi connectivity index (χ2v) is 4.91. The van der Waals surface area contributed by atoms with Crippen molar-refractivity contribution in [2.24, 2.45) is 13.0 Å². The van der Waals surface area contributed by atoms with Crippen molar-refractivity contribution in [1.29, 1.82) is 0 Å². The molecule has 0 saturated carbocycles. The maximum atomic E-state index is 11.9. The molecule has 1 N–H and O–H groups in total. The van der Waals surface area contributed by atoms with Gasteiger partial charge in [-0.1, -0.05) is 13.8 Å². The number of nitrogens with zero attached hydrogens (tertiary/aromatic N) is 3. The number of carbonyl (C=O) groups is 2. The second kappa shape index (κ2) is 4.80. The molecule has 0 radical (unpaired) electrons.